The number of aryl methyl sites for hydroxylation is 2. The standard InChI is InChI=1S/C10H12S/c1-2-4-10-6-8-11-7-5-9(10)3-1/h1-4H,5-8H2. The molecule has 2 rings (SSSR count). The fourth-order valence-electron chi connectivity index (χ4n) is 1.51. The topological polar surface area (TPSA) is 0 Å². The van der Waals surface area contributed by atoms with Crippen LogP contribution >= 0.6 is 11.8 Å². The van der Waals surface area contributed by atoms with Crippen molar-refractivity contribution in [2.45, 2.75) is 12.8 Å². The average Bonchev–Trinajstić information content (AvgIpc) is 2.28. The normalized spacial score (nSPS) is 17.1. The molecule has 0 saturated carbocycles. The molecule has 0 atom stereocenters. The summed E-state index contributed by atoms with van der Waals surface area (Å²) in [5, 5.41) is 0. The van der Waals surface area contributed by atoms with Crippen molar-refractivity contribution in [3.63, 3.8) is 0 Å². The summed E-state index contributed by atoms with van der Waals surface area (Å²) in [6.07, 6.45) is 2.53. The fourth-order valence-corrected chi connectivity index (χ4v) is 2.44. The van der Waals surface area contributed by atoms with E-state index in [2.05, 4.69) is 36.0 Å². The average molecular weight is 164 g/mol. The molecular weight excluding hydrogens is 152 g/mol. The van der Waals surface area contributed by atoms with E-state index in [0.29, 0.717) is 0 Å². The van der Waals surface area contributed by atoms with Crippen LogP contribution in [0, 0.1) is 0 Å². The van der Waals surface area contributed by atoms with Gasteiger partial charge < -0.3 is 0 Å². The highest BCUT2D eigenvalue weighted by atomic mass is 32.2. The number of rotatable bonds is 0. The predicted molar refractivity (Wildman–Crippen MR) is 51.2 cm³/mol. The molecule has 11 heavy (non-hydrogen) atoms. The van der Waals surface area contributed by atoms with Crippen molar-refractivity contribution >= 4 is 11.8 Å². The molecule has 0 N–H and O–H groups in total. The molecule has 0 spiro atoms. The maximum absolute atomic E-state index is 2.27. The van der Waals surface area contributed by atoms with Crippen LogP contribution < -0.4 is 0 Å². The second-order valence-corrected chi connectivity index (χ2v) is 4.11. The Bertz CT molecular complexity index is 217. The smallest absolute Gasteiger partial charge is 0.00268 e. The summed E-state index contributed by atoms with van der Waals surface area (Å²) in [6, 6.07) is 8.83. The lowest BCUT2D eigenvalue weighted by atomic mass is 10.0. The third-order valence-electron chi connectivity index (χ3n) is 2.15. The van der Waals surface area contributed by atoms with Gasteiger partial charge in [0.05, 0.1) is 0 Å². The third kappa shape index (κ3) is 1.59. The quantitative estimate of drug-likeness (QED) is 0.568. The van der Waals surface area contributed by atoms with E-state index in [-0.39, 0.29) is 0 Å². The molecule has 0 nitrogen and oxygen atoms in total. The van der Waals surface area contributed by atoms with Crippen LogP contribution in [-0.2, 0) is 12.8 Å². The molecule has 0 aliphatic carbocycles. The van der Waals surface area contributed by atoms with Gasteiger partial charge in [-0.1, -0.05) is 24.3 Å². The second kappa shape index (κ2) is 3.31. The third-order valence-corrected chi connectivity index (χ3v) is 3.14. The van der Waals surface area contributed by atoms with E-state index < -0.39 is 0 Å². The summed E-state index contributed by atoms with van der Waals surface area (Å²) in [7, 11) is 0. The number of hydrogen-bond donors (Lipinski definition) is 0. The van der Waals surface area contributed by atoms with E-state index in [1.54, 1.807) is 11.1 Å². The Morgan fingerprint density at radius 3 is 2.00 bits per heavy atom. The Labute approximate surface area is 72.0 Å². The zero-order valence-electron chi connectivity index (χ0n) is 6.55. The highest BCUT2D eigenvalue weighted by molar-refractivity contribution is 7.99. The van der Waals surface area contributed by atoms with Gasteiger partial charge in [-0.25, -0.2) is 0 Å². The largest absolute Gasteiger partial charge is 0.161 e. The van der Waals surface area contributed by atoms with Crippen LogP contribution in [-0.4, -0.2) is 11.5 Å². The zero-order valence-corrected chi connectivity index (χ0v) is 7.36. The Morgan fingerprint density at radius 1 is 0.909 bits per heavy atom. The molecule has 0 amide bonds. The summed E-state index contributed by atoms with van der Waals surface area (Å²) < 4.78 is 0. The van der Waals surface area contributed by atoms with Crippen molar-refractivity contribution in [1.29, 1.82) is 0 Å². The monoisotopic (exact) mass is 164 g/mol. The van der Waals surface area contributed by atoms with Crippen molar-refractivity contribution in [3.8, 4) is 0 Å². The molecule has 0 unspecified atom stereocenters. The molecule has 1 aliphatic heterocycles. The molecule has 1 aromatic carbocycles. The van der Waals surface area contributed by atoms with Crippen LogP contribution in [0.4, 0.5) is 0 Å². The van der Waals surface area contributed by atoms with Gasteiger partial charge in [-0.3, -0.25) is 0 Å². The SMILES string of the molecule is c1ccc2c(c1)CCSCC2. The van der Waals surface area contributed by atoms with Gasteiger partial charge in [0.25, 0.3) is 0 Å². The van der Waals surface area contributed by atoms with Gasteiger partial charge in [0.2, 0.25) is 0 Å². The number of benzene rings is 1. The van der Waals surface area contributed by atoms with E-state index in [4.69, 9.17) is 0 Å². The molecular formula is C10H12S. The van der Waals surface area contributed by atoms with Gasteiger partial charge in [0, 0.05) is 0 Å². The van der Waals surface area contributed by atoms with Crippen molar-refractivity contribution < 1.29 is 0 Å². The van der Waals surface area contributed by atoms with Crippen LogP contribution in [0.15, 0.2) is 24.3 Å². The van der Waals surface area contributed by atoms with Crippen LogP contribution in [0.25, 0.3) is 0 Å². The van der Waals surface area contributed by atoms with Gasteiger partial charge in [0.15, 0.2) is 0 Å². The molecule has 0 aromatic heterocycles. The molecule has 1 aliphatic rings. The summed E-state index contributed by atoms with van der Waals surface area (Å²) in [4.78, 5) is 0. The van der Waals surface area contributed by atoms with Crippen molar-refractivity contribution in [2.75, 3.05) is 11.5 Å². The zero-order chi connectivity index (χ0) is 7.52. The lowest BCUT2D eigenvalue weighted by Gasteiger charge is -2.01. The predicted octanol–water partition coefficient (Wildman–Crippen LogP) is 2.52. The van der Waals surface area contributed by atoms with Crippen molar-refractivity contribution in [2.24, 2.45) is 0 Å². The molecule has 0 fully saturated rings. The molecule has 1 aromatic rings. The summed E-state index contributed by atoms with van der Waals surface area (Å²) in [5.74, 6) is 2.61. The Hall–Kier alpha value is -0.430. The van der Waals surface area contributed by atoms with Crippen LogP contribution in [0.2, 0.25) is 0 Å². The van der Waals surface area contributed by atoms with E-state index in [0.717, 1.165) is 0 Å². The first-order valence-electron chi connectivity index (χ1n) is 4.11. The molecule has 1 heteroatoms. The lowest BCUT2D eigenvalue weighted by molar-refractivity contribution is 1.08. The Balaban J connectivity index is 2.33. The summed E-state index contributed by atoms with van der Waals surface area (Å²) >= 11 is 2.07. The van der Waals surface area contributed by atoms with Crippen LogP contribution in [0.3, 0.4) is 0 Å². The number of hydrogen-bond acceptors (Lipinski definition) is 1. The lowest BCUT2D eigenvalue weighted by Crippen LogP contribution is -1.90. The van der Waals surface area contributed by atoms with Gasteiger partial charge in [0.1, 0.15) is 0 Å². The molecule has 58 valence electrons. The number of fused-ring (bicyclic) bond motifs is 1. The highest BCUT2D eigenvalue weighted by Crippen LogP contribution is 2.18. The minimum atomic E-state index is 1.26. The van der Waals surface area contributed by atoms with Crippen molar-refractivity contribution in [3.05, 3.63) is 35.4 Å². The minimum Gasteiger partial charge on any atom is -0.161 e. The molecule has 0 bridgehead atoms. The summed E-state index contributed by atoms with van der Waals surface area (Å²) in [5.41, 5.74) is 3.13. The molecule has 0 saturated heterocycles. The first-order chi connectivity index (χ1) is 5.47. The molecule has 1 heterocycles. The summed E-state index contributed by atoms with van der Waals surface area (Å²) in [6.45, 7) is 0. The van der Waals surface area contributed by atoms with Crippen LogP contribution in [0.5, 0.6) is 0 Å². The van der Waals surface area contributed by atoms with E-state index >= 15 is 0 Å². The first-order valence-corrected chi connectivity index (χ1v) is 5.27. The maximum Gasteiger partial charge on any atom is -0.00268 e. The Morgan fingerprint density at radius 2 is 1.45 bits per heavy atom. The van der Waals surface area contributed by atoms with Crippen LogP contribution in [0.1, 0.15) is 11.1 Å². The van der Waals surface area contributed by atoms with E-state index in [1.807, 2.05) is 0 Å². The second-order valence-electron chi connectivity index (χ2n) is 2.88. The fraction of sp³-hybridized carbons (Fsp3) is 0.400. The number of thioether (sulfide) groups is 1. The van der Waals surface area contributed by atoms with E-state index in [1.165, 1.54) is 24.3 Å². The van der Waals surface area contributed by atoms with E-state index in [9.17, 15) is 0 Å². The van der Waals surface area contributed by atoms with Gasteiger partial charge >= 0.3 is 0 Å². The van der Waals surface area contributed by atoms with Gasteiger partial charge in [-0.05, 0) is 35.5 Å². The maximum atomic E-state index is 2.27. The Kier molecular flexibility index (Phi) is 2.18. The van der Waals surface area contributed by atoms with Gasteiger partial charge in [-0.2, -0.15) is 11.8 Å². The first kappa shape index (κ1) is 7.23. The highest BCUT2D eigenvalue weighted by Gasteiger charge is 2.05. The minimum absolute atomic E-state index is 1.26. The van der Waals surface area contributed by atoms with Gasteiger partial charge in [-0.15, -0.1) is 0 Å². The van der Waals surface area contributed by atoms with Crippen molar-refractivity contribution in [1.82, 2.24) is 0 Å². The molecule has 0 radical (unpaired) electrons.